The fraction of sp³-hybridized carbons (Fsp3) is 0.200. The number of carbonyl (C=O) groups excluding carboxylic acids is 1. The summed E-state index contributed by atoms with van der Waals surface area (Å²) in [5.41, 5.74) is 13.2. The molecule has 0 unspecified atom stereocenters. The Morgan fingerprint density at radius 1 is 1.30 bits per heavy atom. The molecular weight excluding hydrogens is 296 g/mol. The zero-order valence-electron chi connectivity index (χ0n) is 13.0. The summed E-state index contributed by atoms with van der Waals surface area (Å²) < 4.78 is 4.81. The Morgan fingerprint density at radius 3 is 2.57 bits per heavy atom. The second-order valence-electron chi connectivity index (χ2n) is 4.92. The molecule has 0 bridgehead atoms. The van der Waals surface area contributed by atoms with Gasteiger partial charge in [0.1, 0.15) is 17.5 Å². The lowest BCUT2D eigenvalue weighted by Crippen LogP contribution is -2.15. The third-order valence-electron chi connectivity index (χ3n) is 3.22. The van der Waals surface area contributed by atoms with Gasteiger partial charge in [0.05, 0.1) is 24.1 Å². The van der Waals surface area contributed by atoms with E-state index in [1.807, 2.05) is 20.2 Å². The van der Waals surface area contributed by atoms with Crippen LogP contribution in [0.2, 0.25) is 0 Å². The molecule has 2 aromatic rings. The summed E-state index contributed by atoms with van der Waals surface area (Å²) in [4.78, 5) is 21.6. The second-order valence-corrected chi connectivity index (χ2v) is 4.92. The van der Waals surface area contributed by atoms with Crippen molar-refractivity contribution in [1.29, 1.82) is 5.26 Å². The van der Waals surface area contributed by atoms with E-state index in [4.69, 9.17) is 16.2 Å². The molecule has 0 amide bonds. The number of esters is 1. The molecule has 8 nitrogen and oxygen atoms in total. The number of benzene rings is 1. The standard InChI is InChI=1S/C15H16N6O2/c1-21(2)11-5-4-8(6-9(11)14(22)23-3)12-10(7-16)13(17)20-15(18)19-12/h4-6H,1-3H3,(H4,17,18,19,20). The Morgan fingerprint density at radius 2 is 2.00 bits per heavy atom. The van der Waals surface area contributed by atoms with Crippen molar-refractivity contribution in [2.24, 2.45) is 0 Å². The van der Waals surface area contributed by atoms with Gasteiger partial charge in [-0.25, -0.2) is 9.78 Å². The topological polar surface area (TPSA) is 131 Å². The van der Waals surface area contributed by atoms with Crippen molar-refractivity contribution < 1.29 is 9.53 Å². The zero-order chi connectivity index (χ0) is 17.1. The molecule has 0 saturated carbocycles. The molecule has 0 aliphatic carbocycles. The zero-order valence-corrected chi connectivity index (χ0v) is 13.0. The lowest BCUT2D eigenvalue weighted by atomic mass is 10.0. The van der Waals surface area contributed by atoms with Gasteiger partial charge in [0, 0.05) is 19.7 Å². The number of ether oxygens (including phenoxy) is 1. The van der Waals surface area contributed by atoms with Crippen molar-refractivity contribution in [2.45, 2.75) is 0 Å². The summed E-state index contributed by atoms with van der Waals surface area (Å²) in [6, 6.07) is 7.00. The van der Waals surface area contributed by atoms with Crippen LogP contribution < -0.4 is 16.4 Å². The van der Waals surface area contributed by atoms with Crippen LogP contribution in [0.25, 0.3) is 11.3 Å². The maximum Gasteiger partial charge on any atom is 0.339 e. The van der Waals surface area contributed by atoms with E-state index in [-0.39, 0.29) is 23.0 Å². The van der Waals surface area contributed by atoms with Crippen molar-refractivity contribution >= 4 is 23.4 Å². The molecule has 0 aliphatic rings. The number of anilines is 3. The molecule has 0 saturated heterocycles. The van der Waals surface area contributed by atoms with Crippen LogP contribution in [0.4, 0.5) is 17.5 Å². The van der Waals surface area contributed by atoms with Crippen LogP contribution in [0.3, 0.4) is 0 Å². The number of methoxy groups -OCH3 is 1. The normalized spacial score (nSPS) is 10.0. The van der Waals surface area contributed by atoms with E-state index in [2.05, 4.69) is 9.97 Å². The fourth-order valence-electron chi connectivity index (χ4n) is 2.16. The van der Waals surface area contributed by atoms with E-state index >= 15 is 0 Å². The third kappa shape index (κ3) is 2.98. The monoisotopic (exact) mass is 312 g/mol. The molecule has 1 aromatic heterocycles. The average Bonchev–Trinajstić information content (AvgIpc) is 2.52. The van der Waals surface area contributed by atoms with Gasteiger partial charge in [-0.15, -0.1) is 0 Å². The highest BCUT2D eigenvalue weighted by atomic mass is 16.5. The second kappa shape index (κ2) is 6.19. The van der Waals surface area contributed by atoms with Crippen LogP contribution in [-0.4, -0.2) is 37.1 Å². The molecule has 1 aromatic carbocycles. The molecule has 2 rings (SSSR count). The molecule has 4 N–H and O–H groups in total. The minimum Gasteiger partial charge on any atom is -0.465 e. The number of nitrogens with two attached hydrogens (primary N) is 2. The minimum absolute atomic E-state index is 0.00805. The van der Waals surface area contributed by atoms with Gasteiger partial charge in [0.25, 0.3) is 0 Å². The predicted molar refractivity (Wildman–Crippen MR) is 86.7 cm³/mol. The number of hydrogen-bond acceptors (Lipinski definition) is 8. The van der Waals surface area contributed by atoms with Gasteiger partial charge in [-0.05, 0) is 12.1 Å². The van der Waals surface area contributed by atoms with E-state index in [1.165, 1.54) is 7.11 Å². The molecule has 118 valence electrons. The molecule has 0 fully saturated rings. The van der Waals surface area contributed by atoms with Gasteiger partial charge >= 0.3 is 5.97 Å². The largest absolute Gasteiger partial charge is 0.465 e. The Kier molecular flexibility index (Phi) is 4.32. The highest BCUT2D eigenvalue weighted by molar-refractivity contribution is 5.97. The van der Waals surface area contributed by atoms with E-state index in [0.717, 1.165) is 0 Å². The minimum atomic E-state index is -0.496. The van der Waals surface area contributed by atoms with Crippen molar-refractivity contribution in [1.82, 2.24) is 9.97 Å². The number of nitriles is 1. The Labute approximate surface area is 133 Å². The maximum atomic E-state index is 12.0. The smallest absolute Gasteiger partial charge is 0.339 e. The summed E-state index contributed by atoms with van der Waals surface area (Å²) in [5.74, 6) is -0.553. The maximum absolute atomic E-state index is 12.0. The van der Waals surface area contributed by atoms with Crippen molar-refractivity contribution in [3.8, 4) is 17.3 Å². The quantitative estimate of drug-likeness (QED) is 0.803. The highest BCUT2D eigenvalue weighted by Gasteiger charge is 2.18. The van der Waals surface area contributed by atoms with Gasteiger partial charge in [-0.1, -0.05) is 6.07 Å². The molecule has 0 radical (unpaired) electrons. The number of nitrogens with zero attached hydrogens (tertiary/aromatic N) is 4. The van der Waals surface area contributed by atoms with Crippen LogP contribution in [0.5, 0.6) is 0 Å². The summed E-state index contributed by atoms with van der Waals surface area (Å²) in [6.45, 7) is 0. The summed E-state index contributed by atoms with van der Waals surface area (Å²) in [5, 5.41) is 9.27. The van der Waals surface area contributed by atoms with Crippen molar-refractivity contribution in [3.63, 3.8) is 0 Å². The molecule has 0 aliphatic heterocycles. The van der Waals surface area contributed by atoms with E-state index in [9.17, 15) is 10.1 Å². The summed E-state index contributed by atoms with van der Waals surface area (Å²) >= 11 is 0. The van der Waals surface area contributed by atoms with Gasteiger partial charge < -0.3 is 21.1 Å². The molecule has 1 heterocycles. The fourth-order valence-corrected chi connectivity index (χ4v) is 2.16. The number of nitrogen functional groups attached to an aromatic ring is 2. The van der Waals surface area contributed by atoms with Crippen molar-refractivity contribution in [2.75, 3.05) is 37.6 Å². The molecule has 8 heteroatoms. The lowest BCUT2D eigenvalue weighted by Gasteiger charge is -2.17. The number of aromatic nitrogens is 2. The van der Waals surface area contributed by atoms with E-state index < -0.39 is 5.97 Å². The first kappa shape index (κ1) is 16.0. The van der Waals surface area contributed by atoms with Crippen LogP contribution in [-0.2, 0) is 4.74 Å². The van der Waals surface area contributed by atoms with E-state index in [1.54, 1.807) is 23.1 Å². The van der Waals surface area contributed by atoms with Gasteiger partial charge in [-0.2, -0.15) is 10.2 Å². The average molecular weight is 312 g/mol. The summed E-state index contributed by atoms with van der Waals surface area (Å²) in [7, 11) is 4.92. The molecular formula is C15H16N6O2. The number of carbonyl (C=O) groups is 1. The predicted octanol–water partition coefficient (Wildman–Crippen LogP) is 1.03. The first-order valence-corrected chi connectivity index (χ1v) is 6.62. The molecule has 0 spiro atoms. The van der Waals surface area contributed by atoms with Crippen LogP contribution in [0, 0.1) is 11.3 Å². The molecule has 0 atom stereocenters. The SMILES string of the molecule is COC(=O)c1cc(-c2nc(N)nc(N)c2C#N)ccc1N(C)C. The third-order valence-corrected chi connectivity index (χ3v) is 3.22. The Balaban J connectivity index is 2.72. The number of rotatable bonds is 3. The van der Waals surface area contributed by atoms with Gasteiger partial charge in [0.2, 0.25) is 5.95 Å². The van der Waals surface area contributed by atoms with Crippen LogP contribution in [0.15, 0.2) is 18.2 Å². The summed E-state index contributed by atoms with van der Waals surface area (Å²) in [6.07, 6.45) is 0. The Hall–Kier alpha value is -3.34. The first-order chi connectivity index (χ1) is 10.9. The van der Waals surface area contributed by atoms with Crippen LogP contribution in [0.1, 0.15) is 15.9 Å². The first-order valence-electron chi connectivity index (χ1n) is 6.62. The van der Waals surface area contributed by atoms with Gasteiger partial charge in [-0.3, -0.25) is 0 Å². The lowest BCUT2D eigenvalue weighted by molar-refractivity contribution is 0.0601. The van der Waals surface area contributed by atoms with E-state index in [0.29, 0.717) is 16.8 Å². The van der Waals surface area contributed by atoms with Crippen LogP contribution >= 0.6 is 0 Å². The number of hydrogen-bond donors (Lipinski definition) is 2. The van der Waals surface area contributed by atoms with Crippen molar-refractivity contribution in [3.05, 3.63) is 29.3 Å². The highest BCUT2D eigenvalue weighted by Crippen LogP contribution is 2.30. The van der Waals surface area contributed by atoms with Gasteiger partial charge in [0.15, 0.2) is 0 Å². The Bertz CT molecular complexity index is 810. The molecule has 23 heavy (non-hydrogen) atoms.